The van der Waals surface area contributed by atoms with E-state index in [4.69, 9.17) is 9.41 Å². The molecule has 0 bridgehead atoms. The predicted octanol–water partition coefficient (Wildman–Crippen LogP) is 8.95. The molecule has 1 unspecified atom stereocenters. The summed E-state index contributed by atoms with van der Waals surface area (Å²) in [5, 5.41) is 11.5. The summed E-state index contributed by atoms with van der Waals surface area (Å²) >= 11 is 2.30. The van der Waals surface area contributed by atoms with Gasteiger partial charge in [0, 0.05) is 20.4 Å². The molecule has 1 aliphatic carbocycles. The molecule has 0 fully saturated rings. The summed E-state index contributed by atoms with van der Waals surface area (Å²) in [6.07, 6.45) is -4.00. The molecule has 1 heterocycles. The van der Waals surface area contributed by atoms with Crippen LogP contribution < -0.4 is 0 Å². The fourth-order valence-electron chi connectivity index (χ4n) is 4.60. The molecule has 1 aromatic carbocycles. The van der Waals surface area contributed by atoms with Gasteiger partial charge in [-0.2, -0.15) is 13.2 Å². The highest BCUT2D eigenvalue weighted by atomic mass is 127. The second-order valence-corrected chi connectivity index (χ2v) is 18.5. The van der Waals surface area contributed by atoms with Gasteiger partial charge in [-0.25, -0.2) is 0 Å². The predicted molar refractivity (Wildman–Crippen MR) is 150 cm³/mol. The van der Waals surface area contributed by atoms with Crippen molar-refractivity contribution in [3.8, 4) is 0 Å². The Morgan fingerprint density at radius 1 is 1.11 bits per heavy atom. The minimum Gasteiger partial charge on any atom is -0.410 e. The molecule has 0 aliphatic heterocycles. The molecule has 0 radical (unpaired) electrons. The zero-order chi connectivity index (χ0) is 27.4. The van der Waals surface area contributed by atoms with Gasteiger partial charge in [0.15, 0.2) is 8.32 Å². The van der Waals surface area contributed by atoms with Gasteiger partial charge in [0.05, 0.1) is 17.4 Å². The molecule has 8 heteroatoms. The van der Waals surface area contributed by atoms with Crippen molar-refractivity contribution in [2.24, 2.45) is 5.41 Å². The average molecular weight is 634 g/mol. The highest BCUT2D eigenvalue weighted by molar-refractivity contribution is 14.1. The first kappa shape index (κ1) is 29.6. The van der Waals surface area contributed by atoms with E-state index in [2.05, 4.69) is 70.3 Å². The van der Waals surface area contributed by atoms with E-state index in [0.29, 0.717) is 11.1 Å². The molecule has 200 valence electrons. The summed E-state index contributed by atoms with van der Waals surface area (Å²) in [5.41, 5.74) is 3.20. The van der Waals surface area contributed by atoms with Crippen LogP contribution in [0, 0.1) is 8.99 Å². The van der Waals surface area contributed by atoms with Crippen molar-refractivity contribution < 1.29 is 22.7 Å². The number of hydrogen-bond acceptors (Lipinski definition) is 3. The van der Waals surface area contributed by atoms with Gasteiger partial charge < -0.3 is 9.53 Å². The number of alkyl halides is 3. The largest absolute Gasteiger partial charge is 0.416 e. The number of fused-ring (bicyclic) bond motifs is 1. The lowest BCUT2D eigenvalue weighted by Crippen LogP contribution is -2.44. The minimum atomic E-state index is -4.42. The fraction of sp³-hybridized carbons (Fsp3) is 0.607. The average Bonchev–Trinajstić information content (AvgIpc) is 2.70. The van der Waals surface area contributed by atoms with Crippen molar-refractivity contribution in [2.45, 2.75) is 104 Å². The Hall–Kier alpha value is -0.973. The number of benzene rings is 1. The lowest BCUT2D eigenvalue weighted by molar-refractivity contribution is -0.137. The molecule has 0 amide bonds. The third kappa shape index (κ3) is 6.02. The lowest BCUT2D eigenvalue weighted by atomic mass is 9.74. The van der Waals surface area contributed by atoms with Crippen molar-refractivity contribution in [1.29, 1.82) is 0 Å². The van der Waals surface area contributed by atoms with Gasteiger partial charge in [-0.1, -0.05) is 60.6 Å². The molecule has 0 spiro atoms. The molecule has 2 aromatic rings. The smallest absolute Gasteiger partial charge is 0.410 e. The Kier molecular flexibility index (Phi) is 8.19. The Bertz CT molecular complexity index is 1110. The van der Waals surface area contributed by atoms with E-state index in [1.807, 2.05) is 13.8 Å². The maximum Gasteiger partial charge on any atom is 0.416 e. The van der Waals surface area contributed by atoms with Crippen molar-refractivity contribution >= 4 is 30.9 Å². The minimum absolute atomic E-state index is 0.0118. The first-order valence-electron chi connectivity index (χ1n) is 12.5. The Morgan fingerprint density at radius 3 is 2.14 bits per heavy atom. The van der Waals surface area contributed by atoms with E-state index in [1.54, 1.807) is 0 Å². The SMILES string of the molecule is CC(C)c1nc2c(c(I)c1C(O)c1ccc(C(F)(F)F)cc1)[C@@H](O[Si](C)(C)C(C)(C)C)CC(C)(C)C2. The third-order valence-corrected chi connectivity index (χ3v) is 13.3. The molecule has 36 heavy (non-hydrogen) atoms. The molecular formula is C28H39F3INO2Si. The van der Waals surface area contributed by atoms with Gasteiger partial charge in [-0.15, -0.1) is 0 Å². The molecule has 2 atom stereocenters. The molecular weight excluding hydrogens is 594 g/mol. The number of aromatic nitrogens is 1. The van der Waals surface area contributed by atoms with Crippen LogP contribution in [0.2, 0.25) is 18.1 Å². The van der Waals surface area contributed by atoms with Crippen LogP contribution in [0.5, 0.6) is 0 Å². The molecule has 1 aliphatic rings. The molecule has 3 rings (SSSR count). The zero-order valence-electron chi connectivity index (χ0n) is 22.8. The highest BCUT2D eigenvalue weighted by Crippen LogP contribution is 2.50. The first-order chi connectivity index (χ1) is 16.2. The Balaban J connectivity index is 2.18. The van der Waals surface area contributed by atoms with Crippen LogP contribution in [0.4, 0.5) is 13.2 Å². The van der Waals surface area contributed by atoms with E-state index in [9.17, 15) is 18.3 Å². The summed E-state index contributed by atoms with van der Waals surface area (Å²) in [6, 6.07) is 4.77. The summed E-state index contributed by atoms with van der Waals surface area (Å²) in [5.74, 6) is 0.0349. The van der Waals surface area contributed by atoms with Crippen LogP contribution >= 0.6 is 22.6 Å². The normalized spacial score (nSPS) is 19.4. The molecule has 0 saturated carbocycles. The van der Waals surface area contributed by atoms with Crippen molar-refractivity contribution in [2.75, 3.05) is 0 Å². The number of rotatable bonds is 5. The third-order valence-electron chi connectivity index (χ3n) is 7.64. The molecule has 0 saturated heterocycles. The number of halogens is 4. The van der Waals surface area contributed by atoms with E-state index < -0.39 is 26.2 Å². The van der Waals surface area contributed by atoms with Crippen LogP contribution in [0.3, 0.4) is 0 Å². The highest BCUT2D eigenvalue weighted by Gasteiger charge is 2.44. The second kappa shape index (κ2) is 9.97. The van der Waals surface area contributed by atoms with Crippen molar-refractivity contribution in [1.82, 2.24) is 4.98 Å². The Morgan fingerprint density at radius 2 is 1.67 bits per heavy atom. The lowest BCUT2D eigenvalue weighted by Gasteiger charge is -2.44. The van der Waals surface area contributed by atoms with Gasteiger partial charge in [0.1, 0.15) is 6.10 Å². The van der Waals surface area contributed by atoms with E-state index in [0.717, 1.165) is 45.5 Å². The number of pyridine rings is 1. The monoisotopic (exact) mass is 633 g/mol. The number of aliphatic hydroxyl groups is 1. The maximum absolute atomic E-state index is 13.1. The zero-order valence-corrected chi connectivity index (χ0v) is 25.9. The van der Waals surface area contributed by atoms with Gasteiger partial charge in [0.2, 0.25) is 0 Å². The summed E-state index contributed by atoms with van der Waals surface area (Å²) in [4.78, 5) is 5.11. The standard InChI is InChI=1S/C28H39F3INO2Si/c1-16(2)24-22(25(34)17-10-12-18(13-11-17)28(29,30)31)23(32)21-19(33-24)14-27(6,7)15-20(21)35-36(8,9)26(3,4)5/h10-13,16,20,25,34H,14-15H2,1-9H3/t20-,25?/m0/s1. The maximum atomic E-state index is 13.1. The van der Waals surface area contributed by atoms with Gasteiger partial charge >= 0.3 is 6.18 Å². The number of nitrogens with zero attached hydrogens (tertiary/aromatic N) is 1. The van der Waals surface area contributed by atoms with Crippen LogP contribution in [0.1, 0.15) is 107 Å². The van der Waals surface area contributed by atoms with Crippen molar-refractivity contribution in [3.05, 3.63) is 61.5 Å². The summed E-state index contributed by atoms with van der Waals surface area (Å²) < 4.78 is 47.2. The molecule has 3 nitrogen and oxygen atoms in total. The quantitative estimate of drug-likeness (QED) is 0.264. The summed E-state index contributed by atoms with van der Waals surface area (Å²) in [7, 11) is -2.11. The second-order valence-electron chi connectivity index (χ2n) is 12.7. The van der Waals surface area contributed by atoms with Crippen LogP contribution in [0.15, 0.2) is 24.3 Å². The molecule has 1 N–H and O–H groups in total. The van der Waals surface area contributed by atoms with Gasteiger partial charge in [-0.05, 0) is 82.6 Å². The van der Waals surface area contributed by atoms with E-state index in [-0.39, 0.29) is 22.5 Å². The van der Waals surface area contributed by atoms with Crippen LogP contribution in [-0.2, 0) is 17.0 Å². The first-order valence-corrected chi connectivity index (χ1v) is 16.5. The van der Waals surface area contributed by atoms with Gasteiger partial charge in [0.25, 0.3) is 0 Å². The van der Waals surface area contributed by atoms with E-state index >= 15 is 0 Å². The van der Waals surface area contributed by atoms with Crippen LogP contribution in [-0.4, -0.2) is 18.4 Å². The summed E-state index contributed by atoms with van der Waals surface area (Å²) in [6.45, 7) is 19.7. The van der Waals surface area contributed by atoms with E-state index in [1.165, 1.54) is 12.1 Å². The van der Waals surface area contributed by atoms with Gasteiger partial charge in [-0.3, -0.25) is 4.98 Å². The fourth-order valence-corrected chi connectivity index (χ4v) is 7.09. The molecule has 1 aromatic heterocycles. The number of aliphatic hydroxyl groups excluding tert-OH is 1. The van der Waals surface area contributed by atoms with Crippen LogP contribution in [0.25, 0.3) is 0 Å². The number of hydrogen-bond donors (Lipinski definition) is 1. The Labute approximate surface area is 228 Å². The van der Waals surface area contributed by atoms with Crippen molar-refractivity contribution in [3.63, 3.8) is 0 Å². The topological polar surface area (TPSA) is 42.4 Å².